The summed E-state index contributed by atoms with van der Waals surface area (Å²) in [6.07, 6.45) is 1.14. The van der Waals surface area contributed by atoms with E-state index >= 15 is 0 Å². The standard InChI is InChI=1S/C19H21NO4/c1-23-16-10-6-14(7-11-16)18(21)4-3-5-19(22)20-15-8-12-17(24-2)13-9-15/h6-13H,3-5H2,1-2H3,(H,20,22). The van der Waals surface area contributed by atoms with Gasteiger partial charge in [-0.2, -0.15) is 0 Å². The lowest BCUT2D eigenvalue weighted by Crippen LogP contribution is -2.12. The van der Waals surface area contributed by atoms with Crippen LogP contribution >= 0.6 is 0 Å². The van der Waals surface area contributed by atoms with Gasteiger partial charge in [-0.15, -0.1) is 0 Å². The number of amides is 1. The van der Waals surface area contributed by atoms with Crippen LogP contribution in [0.2, 0.25) is 0 Å². The smallest absolute Gasteiger partial charge is 0.224 e. The first-order chi connectivity index (χ1) is 11.6. The Labute approximate surface area is 141 Å². The van der Waals surface area contributed by atoms with E-state index in [-0.39, 0.29) is 11.7 Å². The number of carbonyl (C=O) groups excluding carboxylic acids is 2. The van der Waals surface area contributed by atoms with Gasteiger partial charge in [0.15, 0.2) is 5.78 Å². The van der Waals surface area contributed by atoms with Crippen LogP contribution in [0.1, 0.15) is 29.6 Å². The van der Waals surface area contributed by atoms with Gasteiger partial charge in [0.05, 0.1) is 14.2 Å². The minimum absolute atomic E-state index is 0.0231. The fraction of sp³-hybridized carbons (Fsp3) is 0.263. The van der Waals surface area contributed by atoms with Gasteiger partial charge >= 0.3 is 0 Å². The van der Waals surface area contributed by atoms with Crippen LogP contribution in [0.15, 0.2) is 48.5 Å². The molecule has 0 aromatic heterocycles. The van der Waals surface area contributed by atoms with Crippen LogP contribution in [-0.4, -0.2) is 25.9 Å². The maximum absolute atomic E-state index is 12.1. The Bertz CT molecular complexity index is 678. The maximum atomic E-state index is 12.1. The van der Waals surface area contributed by atoms with Crippen molar-refractivity contribution in [1.29, 1.82) is 0 Å². The molecule has 0 spiro atoms. The minimum atomic E-state index is -0.109. The van der Waals surface area contributed by atoms with Gasteiger partial charge in [-0.05, 0) is 55.0 Å². The number of Topliss-reactive ketones (excluding diaryl/α,β-unsaturated/α-hetero) is 1. The summed E-state index contributed by atoms with van der Waals surface area (Å²) in [4.78, 5) is 24.0. The summed E-state index contributed by atoms with van der Waals surface area (Å²) < 4.78 is 10.1. The zero-order valence-electron chi connectivity index (χ0n) is 13.9. The van der Waals surface area contributed by atoms with E-state index in [2.05, 4.69) is 5.32 Å². The molecule has 126 valence electrons. The summed E-state index contributed by atoms with van der Waals surface area (Å²) in [5.74, 6) is 1.36. The average Bonchev–Trinajstić information content (AvgIpc) is 2.62. The van der Waals surface area contributed by atoms with E-state index in [9.17, 15) is 9.59 Å². The number of carbonyl (C=O) groups is 2. The minimum Gasteiger partial charge on any atom is -0.497 e. The van der Waals surface area contributed by atoms with Gasteiger partial charge in [0.1, 0.15) is 11.5 Å². The molecule has 0 aliphatic carbocycles. The molecule has 0 bridgehead atoms. The molecule has 5 nitrogen and oxygen atoms in total. The molecule has 0 aliphatic rings. The highest BCUT2D eigenvalue weighted by molar-refractivity contribution is 5.96. The molecule has 0 aliphatic heterocycles. The summed E-state index contributed by atoms with van der Waals surface area (Å²) >= 11 is 0. The van der Waals surface area contributed by atoms with Gasteiger partial charge in [-0.1, -0.05) is 0 Å². The van der Waals surface area contributed by atoms with E-state index in [1.165, 1.54) is 0 Å². The van der Waals surface area contributed by atoms with Crippen molar-refractivity contribution in [2.75, 3.05) is 19.5 Å². The van der Waals surface area contributed by atoms with Gasteiger partial charge in [0.2, 0.25) is 5.91 Å². The highest BCUT2D eigenvalue weighted by Gasteiger charge is 2.08. The maximum Gasteiger partial charge on any atom is 0.224 e. The second-order valence-corrected chi connectivity index (χ2v) is 5.28. The molecule has 0 saturated carbocycles. The van der Waals surface area contributed by atoms with E-state index < -0.39 is 0 Å². The molecule has 5 heteroatoms. The zero-order chi connectivity index (χ0) is 17.4. The molecule has 0 atom stereocenters. The third-order valence-corrected chi connectivity index (χ3v) is 3.59. The topological polar surface area (TPSA) is 64.6 Å². The van der Waals surface area contributed by atoms with E-state index in [0.29, 0.717) is 36.3 Å². The second kappa shape index (κ2) is 8.72. The van der Waals surface area contributed by atoms with Crippen molar-refractivity contribution in [3.8, 4) is 11.5 Å². The van der Waals surface area contributed by atoms with Gasteiger partial charge < -0.3 is 14.8 Å². The highest BCUT2D eigenvalue weighted by atomic mass is 16.5. The Morgan fingerprint density at radius 1 is 0.833 bits per heavy atom. The first-order valence-corrected chi connectivity index (χ1v) is 7.73. The van der Waals surface area contributed by atoms with E-state index in [1.54, 1.807) is 62.8 Å². The average molecular weight is 327 g/mol. The SMILES string of the molecule is COc1ccc(NC(=O)CCCC(=O)c2ccc(OC)cc2)cc1. The van der Waals surface area contributed by atoms with E-state index in [1.807, 2.05) is 0 Å². The molecular weight excluding hydrogens is 306 g/mol. The van der Waals surface area contributed by atoms with Crippen molar-refractivity contribution < 1.29 is 19.1 Å². The van der Waals surface area contributed by atoms with Gasteiger partial charge in [0, 0.05) is 24.1 Å². The van der Waals surface area contributed by atoms with Crippen LogP contribution < -0.4 is 14.8 Å². The van der Waals surface area contributed by atoms with Crippen LogP contribution in [0.5, 0.6) is 11.5 Å². The number of anilines is 1. The number of hydrogen-bond donors (Lipinski definition) is 1. The van der Waals surface area contributed by atoms with Gasteiger partial charge in [-0.25, -0.2) is 0 Å². The molecule has 0 radical (unpaired) electrons. The quantitative estimate of drug-likeness (QED) is 0.751. The highest BCUT2D eigenvalue weighted by Crippen LogP contribution is 2.16. The third kappa shape index (κ3) is 5.12. The lowest BCUT2D eigenvalue weighted by atomic mass is 10.1. The number of nitrogens with one attached hydrogen (secondary N) is 1. The third-order valence-electron chi connectivity index (χ3n) is 3.59. The molecule has 0 unspecified atom stereocenters. The molecule has 1 N–H and O–H groups in total. The Hall–Kier alpha value is -2.82. The Kier molecular flexibility index (Phi) is 6.37. The number of rotatable bonds is 8. The summed E-state index contributed by atoms with van der Waals surface area (Å²) in [5.41, 5.74) is 1.34. The van der Waals surface area contributed by atoms with Crippen molar-refractivity contribution >= 4 is 17.4 Å². The van der Waals surface area contributed by atoms with Crippen molar-refractivity contribution in [1.82, 2.24) is 0 Å². The normalized spacial score (nSPS) is 10.1. The van der Waals surface area contributed by atoms with Crippen LogP contribution in [0.4, 0.5) is 5.69 Å². The van der Waals surface area contributed by atoms with Crippen LogP contribution in [-0.2, 0) is 4.79 Å². The Morgan fingerprint density at radius 2 is 1.38 bits per heavy atom. The molecular formula is C19H21NO4. The molecule has 0 saturated heterocycles. The van der Waals surface area contributed by atoms with Crippen molar-refractivity contribution in [2.45, 2.75) is 19.3 Å². The Balaban J connectivity index is 1.75. The summed E-state index contributed by atoms with van der Waals surface area (Å²) in [5, 5.41) is 2.80. The number of ether oxygens (including phenoxy) is 2. The largest absolute Gasteiger partial charge is 0.497 e. The zero-order valence-corrected chi connectivity index (χ0v) is 13.9. The van der Waals surface area contributed by atoms with Crippen LogP contribution in [0, 0.1) is 0 Å². The second-order valence-electron chi connectivity index (χ2n) is 5.28. The predicted octanol–water partition coefficient (Wildman–Crippen LogP) is 3.70. The van der Waals surface area contributed by atoms with Gasteiger partial charge in [0.25, 0.3) is 0 Å². The van der Waals surface area contributed by atoms with E-state index in [4.69, 9.17) is 9.47 Å². The number of hydrogen-bond acceptors (Lipinski definition) is 4. The van der Waals surface area contributed by atoms with Crippen molar-refractivity contribution in [2.24, 2.45) is 0 Å². The van der Waals surface area contributed by atoms with Crippen LogP contribution in [0.3, 0.4) is 0 Å². The number of benzene rings is 2. The fourth-order valence-electron chi connectivity index (χ4n) is 2.23. The monoisotopic (exact) mass is 327 g/mol. The first-order valence-electron chi connectivity index (χ1n) is 7.73. The molecule has 1 amide bonds. The molecule has 24 heavy (non-hydrogen) atoms. The summed E-state index contributed by atoms with van der Waals surface area (Å²) in [6.45, 7) is 0. The van der Waals surface area contributed by atoms with E-state index in [0.717, 1.165) is 5.75 Å². The molecule has 2 rings (SSSR count). The predicted molar refractivity (Wildman–Crippen MR) is 92.8 cm³/mol. The molecule has 2 aromatic rings. The van der Waals surface area contributed by atoms with Crippen molar-refractivity contribution in [3.05, 3.63) is 54.1 Å². The Morgan fingerprint density at radius 3 is 1.92 bits per heavy atom. The molecule has 2 aromatic carbocycles. The lowest BCUT2D eigenvalue weighted by Gasteiger charge is -2.06. The number of ketones is 1. The molecule has 0 heterocycles. The molecule has 0 fully saturated rings. The van der Waals surface area contributed by atoms with Crippen molar-refractivity contribution in [3.63, 3.8) is 0 Å². The summed E-state index contributed by atoms with van der Waals surface area (Å²) in [7, 11) is 3.17. The van der Waals surface area contributed by atoms with Gasteiger partial charge in [-0.3, -0.25) is 9.59 Å². The summed E-state index contributed by atoms with van der Waals surface area (Å²) in [6, 6.07) is 14.1. The fourth-order valence-corrected chi connectivity index (χ4v) is 2.23. The first kappa shape index (κ1) is 17.5. The lowest BCUT2D eigenvalue weighted by molar-refractivity contribution is -0.116. The van der Waals surface area contributed by atoms with Crippen LogP contribution in [0.25, 0.3) is 0 Å². The number of methoxy groups -OCH3 is 2.